The number of halogens is 4. The van der Waals surface area contributed by atoms with Crippen LogP contribution in [0.4, 0.5) is 23.4 Å². The molecule has 2 aromatic heterocycles. The Kier molecular flexibility index (Phi) is 3.00. The van der Waals surface area contributed by atoms with Crippen molar-refractivity contribution in [2.75, 3.05) is 5.73 Å². The summed E-state index contributed by atoms with van der Waals surface area (Å²) < 4.78 is 55.8. The summed E-state index contributed by atoms with van der Waals surface area (Å²) in [4.78, 5) is 6.82. The van der Waals surface area contributed by atoms with Gasteiger partial charge in [0, 0.05) is 13.1 Å². The van der Waals surface area contributed by atoms with E-state index >= 15 is 0 Å². The lowest BCUT2D eigenvalue weighted by atomic mass is 10.4. The summed E-state index contributed by atoms with van der Waals surface area (Å²) in [5.74, 6) is -1.71. The summed E-state index contributed by atoms with van der Waals surface area (Å²) in [5.41, 5.74) is 4.16. The zero-order valence-corrected chi connectivity index (χ0v) is 9.44. The summed E-state index contributed by atoms with van der Waals surface area (Å²) in [7, 11) is 1.11. The number of hydrogen-bond donors (Lipinski definition) is 1. The van der Waals surface area contributed by atoms with Crippen molar-refractivity contribution >= 4 is 5.82 Å². The van der Waals surface area contributed by atoms with Gasteiger partial charge in [-0.15, -0.1) is 5.10 Å². The number of aromatic nitrogens is 4. The number of alkyl halides is 3. The van der Waals surface area contributed by atoms with Crippen molar-refractivity contribution in [3.63, 3.8) is 0 Å². The highest BCUT2D eigenvalue weighted by Crippen LogP contribution is 2.31. The highest BCUT2D eigenvalue weighted by molar-refractivity contribution is 5.30. The number of nitrogens with zero attached hydrogens (tertiary/aromatic N) is 4. The first-order valence-electron chi connectivity index (χ1n) is 4.84. The number of nitrogens with two attached hydrogens (primary N) is 1. The van der Waals surface area contributed by atoms with Crippen molar-refractivity contribution in [1.82, 2.24) is 19.7 Å². The molecule has 0 saturated heterocycles. The van der Waals surface area contributed by atoms with Gasteiger partial charge < -0.3 is 10.5 Å². The lowest BCUT2D eigenvalue weighted by Crippen LogP contribution is -2.11. The Balaban J connectivity index is 2.27. The average Bonchev–Trinajstić information content (AvgIpc) is 2.64. The molecule has 19 heavy (non-hydrogen) atoms. The van der Waals surface area contributed by atoms with Crippen LogP contribution in [0.1, 0.15) is 5.69 Å². The molecule has 0 spiro atoms. The zero-order chi connectivity index (χ0) is 14.2. The minimum atomic E-state index is -4.56. The Morgan fingerprint density at radius 3 is 2.58 bits per heavy atom. The van der Waals surface area contributed by atoms with Gasteiger partial charge in [-0.3, -0.25) is 4.68 Å². The first kappa shape index (κ1) is 13.1. The van der Waals surface area contributed by atoms with Crippen LogP contribution >= 0.6 is 0 Å². The van der Waals surface area contributed by atoms with Crippen molar-refractivity contribution in [3.8, 4) is 11.9 Å². The van der Waals surface area contributed by atoms with Crippen molar-refractivity contribution in [1.29, 1.82) is 0 Å². The standard InChI is InChI=1S/C9H7F4N5O/c1-18-5(9(11,12)13)2-6(17-18)19-8-15-3-4(10)7(14)16-8/h2-3H,1H3,(H2,14,15,16). The number of ether oxygens (including phenoxy) is 1. The number of nitrogen functional groups attached to an aromatic ring is 1. The van der Waals surface area contributed by atoms with E-state index < -0.39 is 29.5 Å². The van der Waals surface area contributed by atoms with Crippen LogP contribution in [0.5, 0.6) is 11.9 Å². The minimum Gasteiger partial charge on any atom is -0.404 e. The molecule has 2 aromatic rings. The third-order valence-corrected chi connectivity index (χ3v) is 2.09. The van der Waals surface area contributed by atoms with Crippen LogP contribution in [0.25, 0.3) is 0 Å². The van der Waals surface area contributed by atoms with E-state index in [2.05, 4.69) is 15.1 Å². The van der Waals surface area contributed by atoms with Gasteiger partial charge in [0.25, 0.3) is 0 Å². The highest BCUT2D eigenvalue weighted by atomic mass is 19.4. The Bertz CT molecular complexity index is 609. The summed E-state index contributed by atoms with van der Waals surface area (Å²) in [6, 6.07) is 0.272. The van der Waals surface area contributed by atoms with E-state index in [0.717, 1.165) is 13.2 Å². The molecule has 2 rings (SSSR count). The van der Waals surface area contributed by atoms with Gasteiger partial charge in [-0.05, 0) is 0 Å². The molecular formula is C9H7F4N5O. The van der Waals surface area contributed by atoms with Gasteiger partial charge >= 0.3 is 12.2 Å². The van der Waals surface area contributed by atoms with Gasteiger partial charge in [0.1, 0.15) is 5.69 Å². The SMILES string of the molecule is Cn1nc(Oc2ncc(F)c(N)n2)cc1C(F)(F)F. The number of rotatable bonds is 2. The molecular weight excluding hydrogens is 270 g/mol. The van der Waals surface area contributed by atoms with Gasteiger partial charge in [0.05, 0.1) is 6.20 Å². The van der Waals surface area contributed by atoms with Gasteiger partial charge in [0.2, 0.25) is 5.88 Å². The first-order valence-corrected chi connectivity index (χ1v) is 4.84. The van der Waals surface area contributed by atoms with E-state index in [0.29, 0.717) is 10.7 Å². The maximum absolute atomic E-state index is 12.8. The Labute approximate surface area is 103 Å². The number of aryl methyl sites for hydroxylation is 1. The molecule has 0 aromatic carbocycles. The van der Waals surface area contributed by atoms with Crippen molar-refractivity contribution in [2.45, 2.75) is 6.18 Å². The Morgan fingerprint density at radius 1 is 1.37 bits per heavy atom. The summed E-state index contributed by atoms with van der Waals surface area (Å²) in [6.07, 6.45) is -3.82. The van der Waals surface area contributed by atoms with Gasteiger partial charge in [-0.2, -0.15) is 18.2 Å². The predicted octanol–water partition coefficient (Wildman–Crippen LogP) is 1.74. The highest BCUT2D eigenvalue weighted by Gasteiger charge is 2.35. The molecule has 0 aliphatic heterocycles. The number of anilines is 1. The molecule has 0 radical (unpaired) electrons. The lowest BCUT2D eigenvalue weighted by Gasteiger charge is -2.04. The Morgan fingerprint density at radius 2 is 2.05 bits per heavy atom. The fourth-order valence-electron chi connectivity index (χ4n) is 1.26. The molecule has 102 valence electrons. The molecule has 2 N–H and O–H groups in total. The predicted molar refractivity (Wildman–Crippen MR) is 54.7 cm³/mol. The van der Waals surface area contributed by atoms with Crippen LogP contribution in [0.3, 0.4) is 0 Å². The lowest BCUT2D eigenvalue weighted by molar-refractivity contribution is -0.143. The fraction of sp³-hybridized carbons (Fsp3) is 0.222. The van der Waals surface area contributed by atoms with Gasteiger partial charge in [-0.1, -0.05) is 0 Å². The van der Waals surface area contributed by atoms with Crippen molar-refractivity contribution in [3.05, 3.63) is 23.8 Å². The molecule has 0 amide bonds. The molecule has 0 atom stereocenters. The van der Waals surface area contributed by atoms with Crippen LogP contribution in [0.15, 0.2) is 12.3 Å². The summed E-state index contributed by atoms with van der Waals surface area (Å²) in [6.45, 7) is 0. The van der Waals surface area contributed by atoms with Gasteiger partial charge in [0.15, 0.2) is 11.6 Å². The largest absolute Gasteiger partial charge is 0.433 e. The van der Waals surface area contributed by atoms with E-state index in [1.807, 2.05) is 0 Å². The second-order valence-electron chi connectivity index (χ2n) is 3.48. The molecule has 0 aliphatic rings. The third-order valence-electron chi connectivity index (χ3n) is 2.09. The molecule has 2 heterocycles. The second kappa shape index (κ2) is 4.37. The van der Waals surface area contributed by atoms with Crippen LogP contribution in [-0.4, -0.2) is 19.7 Å². The summed E-state index contributed by atoms with van der Waals surface area (Å²) in [5, 5.41) is 3.48. The van der Waals surface area contributed by atoms with E-state index in [4.69, 9.17) is 10.5 Å². The normalized spacial score (nSPS) is 11.6. The van der Waals surface area contributed by atoms with Crippen LogP contribution < -0.4 is 10.5 Å². The van der Waals surface area contributed by atoms with Crippen LogP contribution in [-0.2, 0) is 13.2 Å². The molecule has 0 fully saturated rings. The average molecular weight is 277 g/mol. The van der Waals surface area contributed by atoms with E-state index in [9.17, 15) is 17.6 Å². The van der Waals surface area contributed by atoms with Crippen molar-refractivity contribution < 1.29 is 22.3 Å². The number of hydrogen-bond acceptors (Lipinski definition) is 5. The zero-order valence-electron chi connectivity index (χ0n) is 9.44. The Hall–Kier alpha value is -2.39. The quantitative estimate of drug-likeness (QED) is 0.846. The second-order valence-corrected chi connectivity index (χ2v) is 3.48. The van der Waals surface area contributed by atoms with Gasteiger partial charge in [-0.25, -0.2) is 9.37 Å². The van der Waals surface area contributed by atoms with Crippen LogP contribution in [0, 0.1) is 5.82 Å². The molecule has 0 saturated carbocycles. The van der Waals surface area contributed by atoms with E-state index in [1.54, 1.807) is 0 Å². The van der Waals surface area contributed by atoms with E-state index in [1.165, 1.54) is 0 Å². The molecule has 0 aliphatic carbocycles. The van der Waals surface area contributed by atoms with Crippen molar-refractivity contribution in [2.24, 2.45) is 7.05 Å². The summed E-state index contributed by atoms with van der Waals surface area (Å²) >= 11 is 0. The first-order chi connectivity index (χ1) is 8.77. The monoisotopic (exact) mass is 277 g/mol. The third kappa shape index (κ3) is 2.72. The maximum Gasteiger partial charge on any atom is 0.433 e. The van der Waals surface area contributed by atoms with E-state index in [-0.39, 0.29) is 5.88 Å². The van der Waals surface area contributed by atoms with Crippen LogP contribution in [0.2, 0.25) is 0 Å². The maximum atomic E-state index is 12.8. The minimum absolute atomic E-state index is 0.374. The molecule has 0 bridgehead atoms. The molecule has 10 heteroatoms. The molecule has 6 nitrogen and oxygen atoms in total. The topological polar surface area (TPSA) is 78.8 Å². The fourth-order valence-corrected chi connectivity index (χ4v) is 1.26. The smallest absolute Gasteiger partial charge is 0.404 e. The molecule has 0 unspecified atom stereocenters.